The highest BCUT2D eigenvalue weighted by Gasteiger charge is 2.56. The summed E-state index contributed by atoms with van der Waals surface area (Å²) in [5, 5.41) is 41.6. The number of nitrogens with one attached hydrogen (secondary N) is 3. The molecule has 4 rings (SSSR count). The Morgan fingerprint density at radius 1 is 0.921 bits per heavy atom. The van der Waals surface area contributed by atoms with E-state index in [-0.39, 0.29) is 31.3 Å². The molecule has 1 aliphatic heterocycles. The molecule has 15 nitrogen and oxygen atoms in total. The van der Waals surface area contributed by atoms with Crippen molar-refractivity contribution in [1.29, 1.82) is 0 Å². The van der Waals surface area contributed by atoms with Crippen LogP contribution in [0.15, 0.2) is 85.5 Å². The largest absolute Gasteiger partial charge is 0.489 e. The smallest absolute Gasteiger partial charge is 0.366 e. The first-order valence-corrected chi connectivity index (χ1v) is 23.1. The second kappa shape index (κ2) is 26.1. The lowest BCUT2D eigenvalue weighted by molar-refractivity contribution is -0.311. The van der Waals surface area contributed by atoms with Crippen molar-refractivity contribution in [3.8, 4) is 16.9 Å². The summed E-state index contributed by atoms with van der Waals surface area (Å²) < 4.78 is 22.8. The fourth-order valence-corrected chi connectivity index (χ4v) is 8.20. The van der Waals surface area contributed by atoms with Crippen LogP contribution in [0.3, 0.4) is 0 Å². The Balaban J connectivity index is 1.29. The fourth-order valence-electron chi connectivity index (χ4n) is 6.79. The first-order chi connectivity index (χ1) is 30.3. The average Bonchev–Trinajstić information content (AvgIpc) is 3.29. The highest BCUT2D eigenvalue weighted by molar-refractivity contribution is 7.99. The lowest BCUT2D eigenvalue weighted by atomic mass is 9.88. The third-order valence-electron chi connectivity index (χ3n) is 9.99. The van der Waals surface area contributed by atoms with E-state index in [1.807, 2.05) is 30.3 Å². The van der Waals surface area contributed by atoms with Crippen molar-refractivity contribution in [2.24, 2.45) is 0 Å². The van der Waals surface area contributed by atoms with Gasteiger partial charge in [-0.15, -0.1) is 0 Å². The third-order valence-corrected chi connectivity index (χ3v) is 12.0. The normalized spacial score (nSPS) is 19.2. The number of hydrogen-bond donors (Lipinski definition) is 6. The van der Waals surface area contributed by atoms with Crippen LogP contribution in [0, 0.1) is 0 Å². The number of aliphatic hydroxyl groups is 3. The Kier molecular flexibility index (Phi) is 21.1. The number of ether oxygens (including phenoxy) is 4. The number of amides is 3. The Morgan fingerprint density at radius 2 is 1.60 bits per heavy atom. The number of aliphatic hydroxyl groups excluding tert-OH is 3. The van der Waals surface area contributed by atoms with Gasteiger partial charge >= 0.3 is 5.97 Å². The molecule has 1 fully saturated rings. The number of thioether (sulfide) groups is 2. The van der Waals surface area contributed by atoms with E-state index in [9.17, 15) is 39.3 Å². The zero-order valence-electron chi connectivity index (χ0n) is 35.9. The predicted octanol–water partition coefficient (Wildman–Crippen LogP) is 4.18. The van der Waals surface area contributed by atoms with Gasteiger partial charge in [0.15, 0.2) is 5.78 Å². The number of carbonyl (C=O) groups excluding carboxylic acids is 5. The molecule has 17 heteroatoms. The van der Waals surface area contributed by atoms with E-state index in [2.05, 4.69) is 29.5 Å². The van der Waals surface area contributed by atoms with E-state index in [0.29, 0.717) is 53.3 Å². The molecule has 3 aromatic rings. The molecule has 0 radical (unpaired) electrons. The molecular formula is C46H59N3O12S2. The number of hydrogen-bond acceptors (Lipinski definition) is 14. The van der Waals surface area contributed by atoms with Crippen molar-refractivity contribution < 1.29 is 58.2 Å². The molecule has 1 saturated heterocycles. The summed E-state index contributed by atoms with van der Waals surface area (Å²) in [7, 11) is 1.11. The summed E-state index contributed by atoms with van der Waals surface area (Å²) in [4.78, 5) is 64.2. The predicted molar refractivity (Wildman–Crippen MR) is 243 cm³/mol. The first kappa shape index (κ1) is 50.9. The minimum absolute atomic E-state index is 0.0373. The first-order valence-electron chi connectivity index (χ1n) is 20.8. The molecule has 1 heterocycles. The van der Waals surface area contributed by atoms with Gasteiger partial charge in [0.2, 0.25) is 5.91 Å². The van der Waals surface area contributed by atoms with Crippen LogP contribution in [-0.4, -0.2) is 137 Å². The van der Waals surface area contributed by atoms with Gasteiger partial charge in [0.25, 0.3) is 17.6 Å². The standard InChI is InChI=1S/C46H59N3O12S2/c1-5-22-59-39-27-34(44(56)47-21-26-62-6-2)19-20-35(39)36(51)14-10-24-63-25-11-23-60-46(45(57)58-4)28-37(52)40(49-30(3)50)42(61-46)41(54)38(53)29-48-43(55)33-17-15-32(16-18-33)31-12-8-7-9-13-31/h5,7-9,12-13,15-20,27,37-38,40-42,52-54H,1,6,10-11,14,21-26,28-29H2,2-4H3,(H,47,56)(H,48,55)(H,49,50)/t37-,38+,40+,41+,42+,46+/m0/s1. The summed E-state index contributed by atoms with van der Waals surface area (Å²) in [6.07, 6.45) is -4.25. The summed E-state index contributed by atoms with van der Waals surface area (Å²) in [6, 6.07) is 20.0. The quantitative estimate of drug-likeness (QED) is 0.0288. The molecule has 0 aliphatic carbocycles. The molecule has 1 aliphatic rings. The molecular weight excluding hydrogens is 851 g/mol. The van der Waals surface area contributed by atoms with Crippen molar-refractivity contribution in [3.05, 3.63) is 102 Å². The van der Waals surface area contributed by atoms with Crippen molar-refractivity contribution in [2.45, 2.75) is 75.8 Å². The molecule has 342 valence electrons. The Bertz CT molecular complexity index is 1970. The SMILES string of the molecule is C=CCOc1cc(C(=O)NCCSCC)ccc1C(=O)CCCSCCCO[C@]1(C(=O)OC)C[C@H](O)[C@@H](NC(C)=O)[C@H]([C@H](O)[C@H](O)CNC(=O)c2ccc(-c3ccccc3)cc2)O1. The number of ketones is 1. The number of Topliss-reactive ketones (excluding diaryl/α,β-unsaturated/α-hetero) is 1. The van der Waals surface area contributed by atoms with Gasteiger partial charge in [0.05, 0.1) is 37.5 Å². The van der Waals surface area contributed by atoms with Gasteiger partial charge in [-0.3, -0.25) is 19.2 Å². The number of rotatable bonds is 26. The zero-order chi connectivity index (χ0) is 45.8. The average molecular weight is 910 g/mol. The van der Waals surface area contributed by atoms with Crippen LogP contribution in [-0.2, 0) is 23.8 Å². The molecule has 0 spiro atoms. The Hall–Kier alpha value is -4.75. The number of benzene rings is 3. The lowest BCUT2D eigenvalue weighted by Crippen LogP contribution is -2.68. The van der Waals surface area contributed by atoms with Crippen LogP contribution < -0.4 is 20.7 Å². The van der Waals surface area contributed by atoms with E-state index in [1.165, 1.54) is 6.92 Å². The lowest BCUT2D eigenvalue weighted by Gasteiger charge is -2.47. The number of esters is 1. The van der Waals surface area contributed by atoms with Gasteiger partial charge in [-0.1, -0.05) is 62.0 Å². The van der Waals surface area contributed by atoms with Crippen molar-refractivity contribution >= 4 is 53.0 Å². The van der Waals surface area contributed by atoms with E-state index >= 15 is 0 Å². The van der Waals surface area contributed by atoms with Crippen molar-refractivity contribution in [1.82, 2.24) is 16.0 Å². The fraction of sp³-hybridized carbons (Fsp3) is 0.457. The van der Waals surface area contributed by atoms with Crippen molar-refractivity contribution in [2.75, 3.05) is 56.4 Å². The van der Waals surface area contributed by atoms with Crippen LogP contribution in [0.25, 0.3) is 11.1 Å². The van der Waals surface area contributed by atoms with Gasteiger partial charge in [0, 0.05) is 49.7 Å². The van der Waals surface area contributed by atoms with E-state index in [1.54, 1.807) is 72.1 Å². The van der Waals surface area contributed by atoms with E-state index in [4.69, 9.17) is 18.9 Å². The maximum absolute atomic E-state index is 13.2. The molecule has 6 N–H and O–H groups in total. The molecule has 3 amide bonds. The molecule has 0 aromatic heterocycles. The maximum Gasteiger partial charge on any atom is 0.366 e. The van der Waals surface area contributed by atoms with Gasteiger partial charge in [-0.2, -0.15) is 23.5 Å². The van der Waals surface area contributed by atoms with Crippen LogP contribution in [0.2, 0.25) is 0 Å². The van der Waals surface area contributed by atoms with Crippen LogP contribution in [0.1, 0.15) is 70.6 Å². The molecule has 0 saturated carbocycles. The van der Waals surface area contributed by atoms with Gasteiger partial charge in [0.1, 0.15) is 24.6 Å². The topological polar surface area (TPSA) is 219 Å². The zero-order valence-corrected chi connectivity index (χ0v) is 37.6. The van der Waals surface area contributed by atoms with Gasteiger partial charge in [-0.25, -0.2) is 4.79 Å². The molecule has 0 unspecified atom stereocenters. The monoisotopic (exact) mass is 909 g/mol. The second-order valence-electron chi connectivity index (χ2n) is 14.6. The number of methoxy groups -OCH3 is 1. The number of carbonyl (C=O) groups is 5. The highest BCUT2D eigenvalue weighted by Crippen LogP contribution is 2.35. The summed E-state index contributed by atoms with van der Waals surface area (Å²) >= 11 is 3.28. The minimum Gasteiger partial charge on any atom is -0.489 e. The summed E-state index contributed by atoms with van der Waals surface area (Å²) in [5.41, 5.74) is 2.97. The Morgan fingerprint density at radius 3 is 2.29 bits per heavy atom. The second-order valence-corrected chi connectivity index (χ2v) is 17.3. The van der Waals surface area contributed by atoms with Gasteiger partial charge < -0.3 is 50.2 Å². The maximum atomic E-state index is 13.2. The van der Waals surface area contributed by atoms with Crippen LogP contribution in [0.4, 0.5) is 0 Å². The van der Waals surface area contributed by atoms with E-state index in [0.717, 1.165) is 29.7 Å². The Labute approximate surface area is 377 Å². The molecule has 63 heavy (non-hydrogen) atoms. The summed E-state index contributed by atoms with van der Waals surface area (Å²) in [5.74, 6) is -1.40. The summed E-state index contributed by atoms with van der Waals surface area (Å²) in [6.45, 7) is 7.15. The van der Waals surface area contributed by atoms with E-state index < -0.39 is 67.0 Å². The van der Waals surface area contributed by atoms with Crippen molar-refractivity contribution in [3.63, 3.8) is 0 Å². The highest BCUT2D eigenvalue weighted by atomic mass is 32.2. The third kappa shape index (κ3) is 15.2. The van der Waals surface area contributed by atoms with Gasteiger partial charge in [-0.05, 0) is 71.6 Å². The van der Waals surface area contributed by atoms with Crippen LogP contribution in [0.5, 0.6) is 5.75 Å². The molecule has 6 atom stereocenters. The molecule has 3 aromatic carbocycles. The van der Waals surface area contributed by atoms with Crippen LogP contribution >= 0.6 is 23.5 Å². The minimum atomic E-state index is -2.20. The molecule has 0 bridgehead atoms.